The molecule has 2 aliphatic rings. The van der Waals surface area contributed by atoms with E-state index in [-0.39, 0.29) is 50.5 Å². The third kappa shape index (κ3) is 7.65. The molecule has 210 valence electrons. The smallest absolute Gasteiger partial charge is 0.249 e. The topological polar surface area (TPSA) is 144 Å². The molecule has 1 aromatic rings. The largest absolute Gasteiger partial charge is 0.493 e. The van der Waals surface area contributed by atoms with Gasteiger partial charge in [0.2, 0.25) is 11.8 Å². The Morgan fingerprint density at radius 3 is 2.76 bits per heavy atom. The second-order valence-corrected chi connectivity index (χ2v) is 10.1. The molecule has 1 aliphatic heterocycles. The van der Waals surface area contributed by atoms with Gasteiger partial charge in [-0.1, -0.05) is 0 Å². The minimum absolute atomic E-state index is 0.0523. The van der Waals surface area contributed by atoms with Crippen LogP contribution in [0.4, 0.5) is 0 Å². The van der Waals surface area contributed by atoms with Crippen molar-refractivity contribution < 1.29 is 43.5 Å². The molecule has 4 atom stereocenters. The van der Waals surface area contributed by atoms with Gasteiger partial charge in [-0.3, -0.25) is 14.4 Å². The van der Waals surface area contributed by atoms with E-state index in [0.29, 0.717) is 40.0 Å². The molecule has 0 aromatic heterocycles. The van der Waals surface area contributed by atoms with E-state index in [4.69, 9.17) is 24.1 Å². The number of methoxy groups -OCH3 is 1. The number of aldehydes is 1. The zero-order valence-electron chi connectivity index (χ0n) is 21.6. The summed E-state index contributed by atoms with van der Waals surface area (Å²) in [5, 5.41) is 23.3. The average Bonchev–Trinajstić information content (AvgIpc) is 3.44. The minimum atomic E-state index is -1.21. The summed E-state index contributed by atoms with van der Waals surface area (Å²) in [5.41, 5.74) is 0.698. The van der Waals surface area contributed by atoms with Gasteiger partial charge in [-0.15, -0.1) is 0 Å². The van der Waals surface area contributed by atoms with Crippen LogP contribution in [0.1, 0.15) is 36.5 Å². The number of rotatable bonds is 13. The van der Waals surface area contributed by atoms with Crippen LogP contribution in [0, 0.1) is 3.57 Å². The van der Waals surface area contributed by atoms with Crippen molar-refractivity contribution >= 4 is 40.7 Å². The normalized spacial score (nSPS) is 22.9. The SMILES string of the molecule is CCOCC(=O)N(C[C@@H]1CCCO1)[C@@H]1CC(C(=O)NCCO)=C[C@H](Oc2c(I)cc(C=O)cc2OC)[C@H]1O. The van der Waals surface area contributed by atoms with Gasteiger partial charge in [0.05, 0.1) is 29.4 Å². The fourth-order valence-electron chi connectivity index (χ4n) is 4.54. The predicted molar refractivity (Wildman–Crippen MR) is 145 cm³/mol. The van der Waals surface area contributed by atoms with E-state index in [0.717, 1.165) is 12.8 Å². The molecule has 1 heterocycles. The van der Waals surface area contributed by atoms with Crippen molar-refractivity contribution in [3.63, 3.8) is 0 Å². The van der Waals surface area contributed by atoms with Crippen molar-refractivity contribution in [2.45, 2.75) is 50.5 Å². The van der Waals surface area contributed by atoms with Gasteiger partial charge in [0.25, 0.3) is 0 Å². The Kier molecular flexibility index (Phi) is 11.8. The first-order valence-corrected chi connectivity index (χ1v) is 13.7. The van der Waals surface area contributed by atoms with Crippen LogP contribution in [0.15, 0.2) is 23.8 Å². The number of amides is 2. The maximum absolute atomic E-state index is 13.3. The van der Waals surface area contributed by atoms with Gasteiger partial charge in [0.1, 0.15) is 25.1 Å². The van der Waals surface area contributed by atoms with E-state index in [1.807, 2.05) is 22.6 Å². The van der Waals surface area contributed by atoms with E-state index in [1.165, 1.54) is 24.2 Å². The number of ether oxygens (including phenoxy) is 4. The van der Waals surface area contributed by atoms with Crippen molar-refractivity contribution in [2.75, 3.05) is 46.6 Å². The summed E-state index contributed by atoms with van der Waals surface area (Å²) >= 11 is 2.00. The lowest BCUT2D eigenvalue weighted by molar-refractivity contribution is -0.145. The minimum Gasteiger partial charge on any atom is -0.493 e. The van der Waals surface area contributed by atoms with Crippen molar-refractivity contribution in [3.05, 3.63) is 32.9 Å². The van der Waals surface area contributed by atoms with E-state index < -0.39 is 24.2 Å². The van der Waals surface area contributed by atoms with Gasteiger partial charge < -0.3 is 39.4 Å². The maximum atomic E-state index is 13.3. The van der Waals surface area contributed by atoms with E-state index in [9.17, 15) is 19.5 Å². The first kappa shape index (κ1) is 30.3. The van der Waals surface area contributed by atoms with Gasteiger partial charge >= 0.3 is 0 Å². The van der Waals surface area contributed by atoms with Crippen molar-refractivity contribution in [3.8, 4) is 11.5 Å². The molecule has 1 aliphatic carbocycles. The number of nitrogens with zero attached hydrogens (tertiary/aromatic N) is 1. The molecule has 38 heavy (non-hydrogen) atoms. The van der Waals surface area contributed by atoms with Crippen LogP contribution >= 0.6 is 22.6 Å². The van der Waals surface area contributed by atoms with Gasteiger partial charge in [-0.05, 0) is 60.6 Å². The van der Waals surface area contributed by atoms with Gasteiger partial charge in [-0.25, -0.2) is 0 Å². The number of carbonyl (C=O) groups is 3. The second kappa shape index (κ2) is 14.8. The van der Waals surface area contributed by atoms with Gasteiger partial charge in [0, 0.05) is 43.9 Å². The second-order valence-electron chi connectivity index (χ2n) is 8.99. The molecule has 0 saturated carbocycles. The summed E-state index contributed by atoms with van der Waals surface area (Å²) in [5.74, 6) is -0.181. The standard InChI is InChI=1S/C26H35IN2O9/c1-3-36-15-23(32)29(13-18-5-4-8-37-18)20-11-17(26(34)28-6-7-30)12-21(24(20)33)38-25-19(27)9-16(14-31)10-22(25)35-2/h9-10,12,14,18,20-21,24,30,33H,3-8,11,13,15H2,1-2H3,(H,28,34)/t18-,20+,21-,24-/m0/s1. The van der Waals surface area contributed by atoms with Crippen LogP contribution in [0.25, 0.3) is 0 Å². The van der Waals surface area contributed by atoms with Crippen LogP contribution in [0.5, 0.6) is 11.5 Å². The highest BCUT2D eigenvalue weighted by Crippen LogP contribution is 2.37. The monoisotopic (exact) mass is 646 g/mol. The molecule has 1 aromatic carbocycles. The lowest BCUT2D eigenvalue weighted by Gasteiger charge is -2.41. The summed E-state index contributed by atoms with van der Waals surface area (Å²) in [6, 6.07) is 2.33. The Balaban J connectivity index is 1.98. The molecule has 0 bridgehead atoms. The van der Waals surface area contributed by atoms with Crippen molar-refractivity contribution in [1.82, 2.24) is 10.2 Å². The zero-order valence-corrected chi connectivity index (χ0v) is 23.7. The number of hydrogen-bond donors (Lipinski definition) is 3. The molecule has 3 rings (SSSR count). The summed E-state index contributed by atoms with van der Waals surface area (Å²) in [6.45, 7) is 2.61. The Hall–Kier alpha value is -2.26. The van der Waals surface area contributed by atoms with Crippen LogP contribution in [-0.4, -0.2) is 104 Å². The maximum Gasteiger partial charge on any atom is 0.249 e. The summed E-state index contributed by atoms with van der Waals surface area (Å²) in [4.78, 5) is 39.0. The zero-order chi connectivity index (χ0) is 27.7. The van der Waals surface area contributed by atoms with Gasteiger partial charge in [0.15, 0.2) is 11.5 Å². The molecule has 12 heteroatoms. The highest BCUT2D eigenvalue weighted by Gasteiger charge is 2.42. The lowest BCUT2D eigenvalue weighted by atomic mass is 9.88. The third-order valence-corrected chi connectivity index (χ3v) is 7.23. The number of nitrogens with one attached hydrogen (secondary N) is 1. The molecule has 1 saturated heterocycles. The number of benzene rings is 1. The summed E-state index contributed by atoms with van der Waals surface area (Å²) in [6.07, 6.45) is 1.51. The van der Waals surface area contributed by atoms with Gasteiger partial charge in [-0.2, -0.15) is 0 Å². The number of carbonyl (C=O) groups excluding carboxylic acids is 3. The molecular formula is C26H35IN2O9. The number of aliphatic hydroxyl groups excluding tert-OH is 2. The first-order chi connectivity index (χ1) is 18.3. The Bertz CT molecular complexity index is 1010. The average molecular weight is 646 g/mol. The van der Waals surface area contributed by atoms with E-state index in [1.54, 1.807) is 13.0 Å². The van der Waals surface area contributed by atoms with Crippen LogP contribution in [0.2, 0.25) is 0 Å². The fraction of sp³-hybridized carbons (Fsp3) is 0.577. The fourth-order valence-corrected chi connectivity index (χ4v) is 5.29. The lowest BCUT2D eigenvalue weighted by Crippen LogP contribution is -2.57. The molecule has 3 N–H and O–H groups in total. The van der Waals surface area contributed by atoms with Crippen molar-refractivity contribution in [1.29, 1.82) is 0 Å². The third-order valence-electron chi connectivity index (χ3n) is 6.43. The summed E-state index contributed by atoms with van der Waals surface area (Å²) < 4.78 is 23.3. The number of halogens is 1. The Labute approximate surface area is 235 Å². The summed E-state index contributed by atoms with van der Waals surface area (Å²) in [7, 11) is 1.44. The van der Waals surface area contributed by atoms with E-state index in [2.05, 4.69) is 5.32 Å². The highest BCUT2D eigenvalue weighted by molar-refractivity contribution is 14.1. The molecule has 0 unspecified atom stereocenters. The molecule has 0 spiro atoms. The predicted octanol–water partition coefficient (Wildman–Crippen LogP) is 1.07. The van der Waals surface area contributed by atoms with E-state index >= 15 is 0 Å². The van der Waals surface area contributed by atoms with Crippen LogP contribution in [-0.2, 0) is 19.1 Å². The van der Waals surface area contributed by atoms with Crippen LogP contribution < -0.4 is 14.8 Å². The molecule has 2 amide bonds. The number of aliphatic hydroxyl groups is 2. The highest BCUT2D eigenvalue weighted by atomic mass is 127. The molecular weight excluding hydrogens is 611 g/mol. The molecule has 1 fully saturated rings. The quantitative estimate of drug-likeness (QED) is 0.212. The Morgan fingerprint density at radius 1 is 1.34 bits per heavy atom. The molecule has 0 radical (unpaired) electrons. The molecule has 11 nitrogen and oxygen atoms in total. The first-order valence-electron chi connectivity index (χ1n) is 12.6. The number of hydrogen-bond acceptors (Lipinski definition) is 9. The van der Waals surface area contributed by atoms with Crippen LogP contribution in [0.3, 0.4) is 0 Å². The Morgan fingerprint density at radius 2 is 2.13 bits per heavy atom. The van der Waals surface area contributed by atoms with Crippen molar-refractivity contribution in [2.24, 2.45) is 0 Å².